The van der Waals surface area contributed by atoms with Gasteiger partial charge >= 0.3 is 12.4 Å². The van der Waals surface area contributed by atoms with Crippen LogP contribution in [0, 0.1) is 3.57 Å². The summed E-state index contributed by atoms with van der Waals surface area (Å²) >= 11 is 1.25. The summed E-state index contributed by atoms with van der Waals surface area (Å²) in [4.78, 5) is 11.1. The number of Topliss-reactive ketones (excluding diaryl/α,β-unsaturated/α-hetero) is 1. The molecule has 0 aliphatic rings. The van der Waals surface area contributed by atoms with Gasteiger partial charge in [0.1, 0.15) is 0 Å². The number of ketones is 1. The monoisotopic (exact) mass is 382 g/mol. The number of alkyl halides is 6. The van der Waals surface area contributed by atoms with E-state index in [1.807, 2.05) is 0 Å². The third kappa shape index (κ3) is 2.96. The van der Waals surface area contributed by atoms with E-state index in [4.69, 9.17) is 0 Å². The summed E-state index contributed by atoms with van der Waals surface area (Å²) < 4.78 is 75.5. The maximum atomic E-state index is 12.7. The summed E-state index contributed by atoms with van der Waals surface area (Å²) in [5, 5.41) is 0. The quantitative estimate of drug-likeness (QED) is 0.396. The Morgan fingerprint density at radius 2 is 1.56 bits per heavy atom. The van der Waals surface area contributed by atoms with Gasteiger partial charge in [-0.05, 0) is 41.6 Å². The number of benzene rings is 1. The fourth-order valence-corrected chi connectivity index (χ4v) is 2.21. The van der Waals surface area contributed by atoms with Crippen molar-refractivity contribution in [2.75, 3.05) is 0 Å². The molecule has 0 spiro atoms. The zero-order valence-corrected chi connectivity index (χ0v) is 10.9. The number of halogens is 7. The molecule has 0 saturated carbocycles. The third-order valence-electron chi connectivity index (χ3n) is 2.10. The summed E-state index contributed by atoms with van der Waals surface area (Å²) in [6.45, 7) is 0.676. The van der Waals surface area contributed by atoms with Crippen LogP contribution in [-0.4, -0.2) is 5.78 Å². The lowest BCUT2D eigenvalue weighted by Gasteiger charge is -2.18. The van der Waals surface area contributed by atoms with Crippen molar-refractivity contribution in [1.82, 2.24) is 0 Å². The second-order valence-corrected chi connectivity index (χ2v) is 4.56. The SMILES string of the molecule is CC(=O)c1c(C(F)(F)F)ccc(I)c1C(F)(F)F. The van der Waals surface area contributed by atoms with Gasteiger partial charge in [-0.25, -0.2) is 0 Å². The highest BCUT2D eigenvalue weighted by Gasteiger charge is 2.43. The first-order valence-corrected chi connectivity index (χ1v) is 5.52. The average molecular weight is 382 g/mol. The lowest BCUT2D eigenvalue weighted by atomic mass is 9.97. The Labute approximate surface area is 111 Å². The number of rotatable bonds is 1. The van der Waals surface area contributed by atoms with E-state index in [9.17, 15) is 31.1 Å². The summed E-state index contributed by atoms with van der Waals surface area (Å²) in [5.41, 5.74) is -4.44. The molecule has 0 fully saturated rings. The minimum atomic E-state index is -5.02. The molecule has 1 rings (SSSR count). The first-order chi connectivity index (χ1) is 7.96. The van der Waals surface area contributed by atoms with Crippen LogP contribution < -0.4 is 0 Å². The molecule has 0 aromatic heterocycles. The largest absolute Gasteiger partial charge is 0.418 e. The van der Waals surface area contributed by atoms with Crippen LogP contribution in [-0.2, 0) is 12.4 Å². The summed E-state index contributed by atoms with van der Waals surface area (Å²) in [7, 11) is 0. The standard InChI is InChI=1S/C10H5F6IO/c1-4(18)7-5(9(11,12)13)2-3-6(17)8(7)10(14,15)16/h2-3H,1H3. The highest BCUT2D eigenvalue weighted by Crippen LogP contribution is 2.41. The summed E-state index contributed by atoms with van der Waals surface area (Å²) in [5.74, 6) is -1.27. The van der Waals surface area contributed by atoms with Crippen LogP contribution in [0.3, 0.4) is 0 Å². The van der Waals surface area contributed by atoms with Crippen LogP contribution in [0.5, 0.6) is 0 Å². The zero-order valence-electron chi connectivity index (χ0n) is 8.71. The van der Waals surface area contributed by atoms with E-state index >= 15 is 0 Å². The molecule has 0 N–H and O–H groups in total. The fraction of sp³-hybridized carbons (Fsp3) is 0.300. The van der Waals surface area contributed by atoms with Crippen molar-refractivity contribution in [3.05, 3.63) is 32.4 Å². The molecule has 0 heterocycles. The molecule has 0 unspecified atom stereocenters. The number of carbonyl (C=O) groups is 1. The fourth-order valence-electron chi connectivity index (χ4n) is 1.46. The molecule has 0 aliphatic carbocycles. The highest BCUT2D eigenvalue weighted by molar-refractivity contribution is 14.1. The average Bonchev–Trinajstić information content (AvgIpc) is 2.12. The molecule has 8 heteroatoms. The number of hydrogen-bond acceptors (Lipinski definition) is 1. The van der Waals surface area contributed by atoms with Crippen molar-refractivity contribution in [3.63, 3.8) is 0 Å². The summed E-state index contributed by atoms with van der Waals surface area (Å²) in [6.07, 6.45) is -10.0. The second kappa shape index (κ2) is 4.71. The first kappa shape index (κ1) is 15.3. The van der Waals surface area contributed by atoms with Crippen LogP contribution in [0.25, 0.3) is 0 Å². The Balaban J connectivity index is 3.76. The van der Waals surface area contributed by atoms with Crippen LogP contribution in [0.4, 0.5) is 26.3 Å². The zero-order chi connectivity index (χ0) is 14.3. The van der Waals surface area contributed by atoms with Crippen molar-refractivity contribution in [1.29, 1.82) is 0 Å². The van der Waals surface area contributed by atoms with Crippen molar-refractivity contribution in [2.24, 2.45) is 0 Å². The Kier molecular flexibility index (Phi) is 3.99. The second-order valence-electron chi connectivity index (χ2n) is 3.40. The van der Waals surface area contributed by atoms with E-state index in [0.29, 0.717) is 19.1 Å². The normalized spacial score (nSPS) is 12.7. The molecule has 0 bridgehead atoms. The maximum Gasteiger partial charge on any atom is 0.418 e. The van der Waals surface area contributed by atoms with E-state index in [2.05, 4.69) is 0 Å². The van der Waals surface area contributed by atoms with Crippen LogP contribution in [0.1, 0.15) is 28.4 Å². The van der Waals surface area contributed by atoms with Gasteiger partial charge in [-0.3, -0.25) is 4.79 Å². The van der Waals surface area contributed by atoms with Crippen molar-refractivity contribution in [2.45, 2.75) is 19.3 Å². The molecule has 0 amide bonds. The Hall–Kier alpha value is -0.800. The first-order valence-electron chi connectivity index (χ1n) is 4.44. The third-order valence-corrected chi connectivity index (χ3v) is 2.99. The minimum Gasteiger partial charge on any atom is -0.294 e. The van der Waals surface area contributed by atoms with Gasteiger partial charge in [0, 0.05) is 9.13 Å². The van der Waals surface area contributed by atoms with Gasteiger partial charge in [0.05, 0.1) is 11.1 Å². The minimum absolute atomic E-state index is 0.446. The topological polar surface area (TPSA) is 17.1 Å². The molecular weight excluding hydrogens is 377 g/mol. The molecule has 18 heavy (non-hydrogen) atoms. The molecule has 0 atom stereocenters. The molecule has 100 valence electrons. The van der Waals surface area contributed by atoms with Gasteiger partial charge in [-0.15, -0.1) is 0 Å². The predicted octanol–water partition coefficient (Wildman–Crippen LogP) is 4.53. The van der Waals surface area contributed by atoms with Crippen molar-refractivity contribution >= 4 is 28.4 Å². The molecule has 1 aromatic carbocycles. The molecule has 0 radical (unpaired) electrons. The Morgan fingerprint density at radius 3 is 1.89 bits per heavy atom. The van der Waals surface area contributed by atoms with E-state index in [-0.39, 0.29) is 0 Å². The molecular formula is C10H5F6IO. The molecule has 1 nitrogen and oxygen atoms in total. The van der Waals surface area contributed by atoms with Gasteiger partial charge < -0.3 is 0 Å². The van der Waals surface area contributed by atoms with E-state index in [1.54, 1.807) is 0 Å². The van der Waals surface area contributed by atoms with E-state index in [1.165, 1.54) is 22.6 Å². The maximum absolute atomic E-state index is 12.7. The van der Waals surface area contributed by atoms with Crippen LogP contribution >= 0.6 is 22.6 Å². The van der Waals surface area contributed by atoms with Gasteiger partial charge in [0.15, 0.2) is 5.78 Å². The van der Waals surface area contributed by atoms with Crippen LogP contribution in [0.2, 0.25) is 0 Å². The number of carbonyl (C=O) groups excluding carboxylic acids is 1. The molecule has 0 saturated heterocycles. The Bertz CT molecular complexity index is 488. The summed E-state index contributed by atoms with van der Waals surface area (Å²) in [6, 6.07) is 1.17. The number of hydrogen-bond donors (Lipinski definition) is 0. The van der Waals surface area contributed by atoms with Gasteiger partial charge in [0.2, 0.25) is 0 Å². The van der Waals surface area contributed by atoms with Gasteiger partial charge in [0.25, 0.3) is 0 Å². The highest BCUT2D eigenvalue weighted by atomic mass is 127. The molecule has 1 aromatic rings. The lowest BCUT2D eigenvalue weighted by Crippen LogP contribution is -2.20. The van der Waals surface area contributed by atoms with Gasteiger partial charge in [-0.2, -0.15) is 26.3 Å². The Morgan fingerprint density at radius 1 is 1.06 bits per heavy atom. The van der Waals surface area contributed by atoms with E-state index in [0.717, 1.165) is 0 Å². The van der Waals surface area contributed by atoms with E-state index < -0.39 is 38.4 Å². The smallest absolute Gasteiger partial charge is 0.294 e. The molecule has 0 aliphatic heterocycles. The predicted molar refractivity (Wildman–Crippen MR) is 59.2 cm³/mol. The van der Waals surface area contributed by atoms with Crippen molar-refractivity contribution in [3.8, 4) is 0 Å². The van der Waals surface area contributed by atoms with Crippen LogP contribution in [0.15, 0.2) is 12.1 Å². The lowest BCUT2D eigenvalue weighted by molar-refractivity contribution is -0.144. The van der Waals surface area contributed by atoms with Gasteiger partial charge in [-0.1, -0.05) is 0 Å². The van der Waals surface area contributed by atoms with Crippen molar-refractivity contribution < 1.29 is 31.1 Å².